The van der Waals surface area contributed by atoms with Gasteiger partial charge in [-0.3, -0.25) is 4.18 Å². The van der Waals surface area contributed by atoms with Crippen LogP contribution in [0.3, 0.4) is 0 Å². The molecular formula is C9H18O3S2. The molecule has 0 radical (unpaired) electrons. The van der Waals surface area contributed by atoms with E-state index in [9.17, 15) is 8.42 Å². The molecule has 84 valence electrons. The Balaban J connectivity index is 2.25. The van der Waals surface area contributed by atoms with Crippen molar-refractivity contribution in [1.82, 2.24) is 0 Å². The Morgan fingerprint density at radius 1 is 1.29 bits per heavy atom. The largest absolute Gasteiger partial charge is 0.267 e. The van der Waals surface area contributed by atoms with Gasteiger partial charge in [0.1, 0.15) is 0 Å². The third kappa shape index (κ3) is 4.66. The average molecular weight is 238 g/mol. The zero-order valence-corrected chi connectivity index (χ0v) is 10.7. The summed E-state index contributed by atoms with van der Waals surface area (Å²) in [5, 5.41) is 0.557. The fourth-order valence-electron chi connectivity index (χ4n) is 1.44. The van der Waals surface area contributed by atoms with Crippen LogP contribution in [0, 0.1) is 0 Å². The first-order chi connectivity index (χ1) is 6.16. The quantitative estimate of drug-likeness (QED) is 0.706. The van der Waals surface area contributed by atoms with Gasteiger partial charge in [-0.2, -0.15) is 20.2 Å². The summed E-state index contributed by atoms with van der Waals surface area (Å²) in [5.74, 6) is 0. The monoisotopic (exact) mass is 238 g/mol. The van der Waals surface area contributed by atoms with Crippen molar-refractivity contribution in [1.29, 1.82) is 0 Å². The molecule has 1 aliphatic carbocycles. The van der Waals surface area contributed by atoms with Crippen LogP contribution in [-0.4, -0.2) is 30.8 Å². The maximum Gasteiger partial charge on any atom is 0.264 e. The second-order valence-electron chi connectivity index (χ2n) is 4.75. The number of rotatable bonds is 3. The van der Waals surface area contributed by atoms with Crippen LogP contribution in [0.2, 0.25) is 0 Å². The second-order valence-corrected chi connectivity index (χ2v) is 8.47. The molecule has 0 aliphatic heterocycles. The zero-order chi connectivity index (χ0) is 11.0. The predicted molar refractivity (Wildman–Crippen MR) is 60.1 cm³/mol. The van der Waals surface area contributed by atoms with Gasteiger partial charge in [-0.15, -0.1) is 0 Å². The van der Waals surface area contributed by atoms with Gasteiger partial charge < -0.3 is 0 Å². The molecule has 0 unspecified atom stereocenters. The molecule has 1 fully saturated rings. The first kappa shape index (κ1) is 12.3. The molecule has 0 bridgehead atoms. The Bertz CT molecular complexity index is 284. The fraction of sp³-hybridized carbons (Fsp3) is 1.00. The molecule has 0 heterocycles. The first-order valence-corrected chi connectivity index (χ1v) is 7.41. The highest BCUT2D eigenvalue weighted by Crippen LogP contribution is 2.40. The molecule has 1 saturated carbocycles. The minimum absolute atomic E-state index is 0.0788. The van der Waals surface area contributed by atoms with Crippen LogP contribution in [0.5, 0.6) is 0 Å². The smallest absolute Gasteiger partial charge is 0.264 e. The van der Waals surface area contributed by atoms with Crippen molar-refractivity contribution in [3.05, 3.63) is 0 Å². The standard InChI is InChI=1S/C9H18O3S2/c1-9(2,3)13-8-5-7(6-8)12-14(4,10)11/h7-8H,5-6H2,1-4H3. The van der Waals surface area contributed by atoms with Crippen molar-refractivity contribution in [2.45, 2.75) is 49.7 Å². The maximum absolute atomic E-state index is 10.8. The molecular weight excluding hydrogens is 220 g/mol. The topological polar surface area (TPSA) is 43.4 Å². The lowest BCUT2D eigenvalue weighted by Crippen LogP contribution is -2.37. The molecule has 0 aromatic carbocycles. The summed E-state index contributed by atoms with van der Waals surface area (Å²) in [6.07, 6.45) is 2.74. The van der Waals surface area contributed by atoms with Crippen molar-refractivity contribution < 1.29 is 12.6 Å². The molecule has 1 aliphatic rings. The SMILES string of the molecule is CC(C)(C)SC1CC(OS(C)(=O)=O)C1. The van der Waals surface area contributed by atoms with Crippen LogP contribution in [0.25, 0.3) is 0 Å². The van der Waals surface area contributed by atoms with Gasteiger partial charge >= 0.3 is 0 Å². The Morgan fingerprint density at radius 3 is 2.14 bits per heavy atom. The average Bonchev–Trinajstić information content (AvgIpc) is 1.75. The lowest BCUT2D eigenvalue weighted by molar-refractivity contribution is 0.135. The van der Waals surface area contributed by atoms with Crippen molar-refractivity contribution >= 4 is 21.9 Å². The molecule has 0 aromatic heterocycles. The van der Waals surface area contributed by atoms with E-state index in [1.165, 1.54) is 0 Å². The molecule has 0 atom stereocenters. The summed E-state index contributed by atoms with van der Waals surface area (Å²) in [6.45, 7) is 6.51. The van der Waals surface area contributed by atoms with E-state index in [-0.39, 0.29) is 10.9 Å². The lowest BCUT2D eigenvalue weighted by Gasteiger charge is -2.37. The van der Waals surface area contributed by atoms with Crippen molar-refractivity contribution in [2.24, 2.45) is 0 Å². The number of hydrogen-bond donors (Lipinski definition) is 0. The van der Waals surface area contributed by atoms with E-state index in [0.717, 1.165) is 19.1 Å². The Kier molecular flexibility index (Phi) is 3.54. The van der Waals surface area contributed by atoms with Crippen molar-refractivity contribution in [3.63, 3.8) is 0 Å². The van der Waals surface area contributed by atoms with Crippen molar-refractivity contribution in [2.75, 3.05) is 6.26 Å². The summed E-state index contributed by atoms with van der Waals surface area (Å²) in [6, 6.07) is 0. The number of thioether (sulfide) groups is 1. The van der Waals surface area contributed by atoms with E-state index in [2.05, 4.69) is 20.8 Å². The highest BCUT2D eigenvalue weighted by molar-refractivity contribution is 8.01. The van der Waals surface area contributed by atoms with E-state index in [4.69, 9.17) is 4.18 Å². The van der Waals surface area contributed by atoms with Crippen LogP contribution < -0.4 is 0 Å². The van der Waals surface area contributed by atoms with Gasteiger partial charge in [0.05, 0.1) is 12.4 Å². The molecule has 0 spiro atoms. The van der Waals surface area contributed by atoms with Crippen LogP contribution in [0.15, 0.2) is 0 Å². The summed E-state index contributed by atoms with van der Waals surface area (Å²) in [7, 11) is -3.26. The van der Waals surface area contributed by atoms with E-state index >= 15 is 0 Å². The van der Waals surface area contributed by atoms with Gasteiger partial charge in [0.2, 0.25) is 0 Å². The van der Waals surface area contributed by atoms with E-state index < -0.39 is 10.1 Å². The van der Waals surface area contributed by atoms with Gasteiger partial charge in [0, 0.05) is 10.00 Å². The van der Waals surface area contributed by atoms with E-state index in [0.29, 0.717) is 5.25 Å². The third-order valence-electron chi connectivity index (χ3n) is 1.88. The van der Waals surface area contributed by atoms with Gasteiger partial charge in [-0.1, -0.05) is 20.8 Å². The molecule has 0 saturated heterocycles. The van der Waals surface area contributed by atoms with Crippen LogP contribution in [0.4, 0.5) is 0 Å². The molecule has 5 heteroatoms. The van der Waals surface area contributed by atoms with Gasteiger partial charge in [0.15, 0.2) is 0 Å². The minimum Gasteiger partial charge on any atom is -0.267 e. The summed E-state index contributed by atoms with van der Waals surface area (Å²) < 4.78 is 26.7. The highest BCUT2D eigenvalue weighted by Gasteiger charge is 2.35. The molecule has 1 rings (SSSR count). The van der Waals surface area contributed by atoms with Crippen LogP contribution in [-0.2, 0) is 14.3 Å². The van der Waals surface area contributed by atoms with Crippen LogP contribution in [0.1, 0.15) is 33.6 Å². The van der Waals surface area contributed by atoms with Gasteiger partial charge in [-0.05, 0) is 12.8 Å². The zero-order valence-electron chi connectivity index (χ0n) is 9.11. The third-order valence-corrected chi connectivity index (χ3v) is 3.93. The first-order valence-electron chi connectivity index (χ1n) is 4.72. The van der Waals surface area contributed by atoms with Crippen LogP contribution >= 0.6 is 11.8 Å². The Hall–Kier alpha value is 0.260. The molecule has 0 N–H and O–H groups in total. The molecule has 0 aromatic rings. The maximum atomic E-state index is 10.8. The Morgan fingerprint density at radius 2 is 1.79 bits per heavy atom. The lowest BCUT2D eigenvalue weighted by atomic mass is 9.96. The molecule has 0 amide bonds. The molecule has 14 heavy (non-hydrogen) atoms. The summed E-state index contributed by atoms with van der Waals surface area (Å²) >= 11 is 1.90. The normalized spacial score (nSPS) is 28.6. The van der Waals surface area contributed by atoms with E-state index in [1.54, 1.807) is 0 Å². The summed E-state index contributed by atoms with van der Waals surface area (Å²) in [4.78, 5) is 0. The second kappa shape index (κ2) is 4.02. The molecule has 3 nitrogen and oxygen atoms in total. The highest BCUT2D eigenvalue weighted by atomic mass is 32.2. The van der Waals surface area contributed by atoms with Crippen molar-refractivity contribution in [3.8, 4) is 0 Å². The minimum atomic E-state index is -3.26. The van der Waals surface area contributed by atoms with Gasteiger partial charge in [-0.25, -0.2) is 0 Å². The number of hydrogen-bond acceptors (Lipinski definition) is 4. The Labute approximate surface area is 90.7 Å². The predicted octanol–water partition coefficient (Wildman–Crippen LogP) is 2.03. The fourth-order valence-corrected chi connectivity index (χ4v) is 3.71. The van der Waals surface area contributed by atoms with E-state index in [1.807, 2.05) is 11.8 Å². The van der Waals surface area contributed by atoms with Gasteiger partial charge in [0.25, 0.3) is 10.1 Å². The summed E-state index contributed by atoms with van der Waals surface area (Å²) in [5.41, 5.74) is 0.